The first-order chi connectivity index (χ1) is 17.0. The summed E-state index contributed by atoms with van der Waals surface area (Å²) in [7, 11) is 1.64. The van der Waals surface area contributed by atoms with Crippen LogP contribution in [0.25, 0.3) is 22.3 Å². The van der Waals surface area contributed by atoms with Crippen molar-refractivity contribution in [3.05, 3.63) is 65.5 Å². The van der Waals surface area contributed by atoms with E-state index < -0.39 is 5.97 Å². The lowest BCUT2D eigenvalue weighted by atomic mass is 10.1. The average Bonchev–Trinajstić information content (AvgIpc) is 3.23. The fourth-order valence-electron chi connectivity index (χ4n) is 4.35. The Morgan fingerprint density at radius 3 is 2.69 bits per heavy atom. The Morgan fingerprint density at radius 2 is 1.97 bits per heavy atom. The molecule has 1 aliphatic rings. The number of benzene rings is 1. The number of hydrogen-bond acceptors (Lipinski definition) is 7. The van der Waals surface area contributed by atoms with Crippen LogP contribution < -0.4 is 10.1 Å². The Balaban J connectivity index is 1.65. The molecule has 9 heteroatoms. The van der Waals surface area contributed by atoms with Gasteiger partial charge in [0.15, 0.2) is 0 Å². The third kappa shape index (κ3) is 4.81. The molecule has 0 atom stereocenters. The molecule has 1 saturated heterocycles. The van der Waals surface area contributed by atoms with Gasteiger partial charge in [0.1, 0.15) is 17.3 Å². The van der Waals surface area contributed by atoms with Gasteiger partial charge in [-0.1, -0.05) is 12.1 Å². The van der Waals surface area contributed by atoms with Gasteiger partial charge < -0.3 is 19.9 Å². The molecule has 0 amide bonds. The molecule has 2 N–H and O–H groups in total. The summed E-state index contributed by atoms with van der Waals surface area (Å²) in [4.78, 5) is 20.9. The second-order valence-electron chi connectivity index (χ2n) is 8.63. The van der Waals surface area contributed by atoms with Gasteiger partial charge in [-0.05, 0) is 55.7 Å². The van der Waals surface area contributed by atoms with Crippen LogP contribution in [0.3, 0.4) is 0 Å². The molecular formula is C26H27N5O4. The molecule has 0 spiro atoms. The first kappa shape index (κ1) is 22.8. The number of aromatic carboxylic acids is 1. The molecule has 4 aromatic rings. The zero-order valence-corrected chi connectivity index (χ0v) is 19.7. The zero-order valence-electron chi connectivity index (χ0n) is 19.7. The standard InChI is InChI=1S/C26H27N5O4/c1-16-13-22-23(25(28-16)29-19-8-11-35-12-9-19)24(21-14-18(26(32)33)7-10-27-21)30-31(22)15-17-3-5-20(34-2)6-4-17/h3-7,10,13-14,19H,8-9,11-12,15H2,1-2H3,(H,28,29)(H,32,33). The fourth-order valence-corrected chi connectivity index (χ4v) is 4.35. The molecule has 1 aliphatic heterocycles. The van der Waals surface area contributed by atoms with Gasteiger partial charge in [-0.3, -0.25) is 9.67 Å². The highest BCUT2D eigenvalue weighted by atomic mass is 16.5. The van der Waals surface area contributed by atoms with Gasteiger partial charge in [0, 0.05) is 31.1 Å². The zero-order chi connectivity index (χ0) is 24.4. The van der Waals surface area contributed by atoms with Gasteiger partial charge in [0.25, 0.3) is 0 Å². The van der Waals surface area contributed by atoms with Crippen LogP contribution in [0.2, 0.25) is 0 Å². The van der Waals surface area contributed by atoms with E-state index in [1.54, 1.807) is 13.2 Å². The van der Waals surface area contributed by atoms with Gasteiger partial charge in [0.05, 0.1) is 35.8 Å². The summed E-state index contributed by atoms with van der Waals surface area (Å²) in [5, 5.41) is 18.9. The maximum Gasteiger partial charge on any atom is 0.335 e. The number of pyridine rings is 2. The van der Waals surface area contributed by atoms with E-state index >= 15 is 0 Å². The summed E-state index contributed by atoms with van der Waals surface area (Å²) in [6.07, 6.45) is 3.28. The smallest absolute Gasteiger partial charge is 0.335 e. The number of anilines is 1. The lowest BCUT2D eigenvalue weighted by Crippen LogP contribution is -2.28. The number of nitrogens with zero attached hydrogens (tertiary/aromatic N) is 4. The van der Waals surface area contributed by atoms with Crippen LogP contribution >= 0.6 is 0 Å². The molecule has 3 aromatic heterocycles. The van der Waals surface area contributed by atoms with E-state index in [4.69, 9.17) is 19.6 Å². The Morgan fingerprint density at radius 1 is 1.20 bits per heavy atom. The SMILES string of the molecule is COc1ccc(Cn2nc(-c3cc(C(=O)O)ccn3)c3c(NC4CCOCC4)nc(C)cc32)cc1. The van der Waals surface area contributed by atoms with Crippen LogP contribution in [-0.2, 0) is 11.3 Å². The van der Waals surface area contributed by atoms with Crippen LogP contribution in [0.5, 0.6) is 5.75 Å². The maximum atomic E-state index is 11.6. The fraction of sp³-hybridized carbons (Fsp3) is 0.308. The first-order valence-corrected chi connectivity index (χ1v) is 11.6. The molecule has 5 rings (SSSR count). The molecule has 35 heavy (non-hydrogen) atoms. The molecule has 0 aliphatic carbocycles. The number of fused-ring (bicyclic) bond motifs is 1. The van der Waals surface area contributed by atoms with Gasteiger partial charge in [0.2, 0.25) is 0 Å². The minimum atomic E-state index is -1.01. The number of carbonyl (C=O) groups is 1. The van der Waals surface area contributed by atoms with Crippen LogP contribution in [0.1, 0.15) is 34.5 Å². The number of rotatable bonds is 7. The number of ether oxygens (including phenoxy) is 2. The van der Waals surface area contributed by atoms with Crippen molar-refractivity contribution in [1.29, 1.82) is 0 Å². The van der Waals surface area contributed by atoms with Crippen LogP contribution in [0.15, 0.2) is 48.7 Å². The van der Waals surface area contributed by atoms with E-state index in [1.165, 1.54) is 12.3 Å². The lowest BCUT2D eigenvalue weighted by Gasteiger charge is -2.24. The van der Waals surface area contributed by atoms with Crippen molar-refractivity contribution in [2.24, 2.45) is 0 Å². The number of aryl methyl sites for hydroxylation is 1. The van der Waals surface area contributed by atoms with E-state index in [1.807, 2.05) is 41.9 Å². The van der Waals surface area contributed by atoms with Crippen molar-refractivity contribution in [3.63, 3.8) is 0 Å². The molecule has 0 bridgehead atoms. The van der Waals surface area contributed by atoms with E-state index in [2.05, 4.69) is 10.3 Å². The summed E-state index contributed by atoms with van der Waals surface area (Å²) in [5.74, 6) is 0.507. The summed E-state index contributed by atoms with van der Waals surface area (Å²) in [5.41, 5.74) is 4.07. The van der Waals surface area contributed by atoms with Gasteiger partial charge in [-0.15, -0.1) is 0 Å². The summed E-state index contributed by atoms with van der Waals surface area (Å²) >= 11 is 0. The normalized spacial score (nSPS) is 14.2. The third-order valence-corrected chi connectivity index (χ3v) is 6.17. The van der Waals surface area contributed by atoms with E-state index in [-0.39, 0.29) is 11.6 Å². The van der Waals surface area contributed by atoms with Crippen LogP contribution in [-0.4, -0.2) is 57.2 Å². The highest BCUT2D eigenvalue weighted by Crippen LogP contribution is 2.34. The maximum absolute atomic E-state index is 11.6. The number of aromatic nitrogens is 4. The van der Waals surface area contributed by atoms with Crippen molar-refractivity contribution in [3.8, 4) is 17.1 Å². The second kappa shape index (κ2) is 9.71. The summed E-state index contributed by atoms with van der Waals surface area (Å²) < 4.78 is 12.7. The monoisotopic (exact) mass is 473 g/mol. The molecule has 0 radical (unpaired) electrons. The molecule has 9 nitrogen and oxygen atoms in total. The predicted octanol–water partition coefficient (Wildman–Crippen LogP) is 4.15. The predicted molar refractivity (Wildman–Crippen MR) is 132 cm³/mol. The highest BCUT2D eigenvalue weighted by Gasteiger charge is 2.22. The van der Waals surface area contributed by atoms with Gasteiger partial charge in [-0.25, -0.2) is 9.78 Å². The topological polar surface area (TPSA) is 111 Å². The third-order valence-electron chi connectivity index (χ3n) is 6.17. The molecule has 0 unspecified atom stereocenters. The van der Waals surface area contributed by atoms with Crippen LogP contribution in [0.4, 0.5) is 5.82 Å². The Kier molecular flexibility index (Phi) is 6.33. The highest BCUT2D eigenvalue weighted by molar-refractivity contribution is 6.01. The Bertz CT molecular complexity index is 1360. The van der Waals surface area contributed by atoms with Crippen molar-refractivity contribution >= 4 is 22.7 Å². The average molecular weight is 474 g/mol. The minimum absolute atomic E-state index is 0.159. The summed E-state index contributed by atoms with van der Waals surface area (Å²) in [6, 6.07) is 13.1. The molecule has 4 heterocycles. The quantitative estimate of drug-likeness (QED) is 0.412. The van der Waals surface area contributed by atoms with Crippen LogP contribution in [0, 0.1) is 6.92 Å². The molecule has 1 aromatic carbocycles. The van der Waals surface area contributed by atoms with Gasteiger partial charge >= 0.3 is 5.97 Å². The number of hydrogen-bond donors (Lipinski definition) is 2. The Hall–Kier alpha value is -3.98. The number of methoxy groups -OCH3 is 1. The number of nitrogens with one attached hydrogen (secondary N) is 1. The van der Waals surface area contributed by atoms with E-state index in [0.717, 1.165) is 46.6 Å². The molecular weight excluding hydrogens is 446 g/mol. The van der Waals surface area contributed by atoms with E-state index in [9.17, 15) is 9.90 Å². The van der Waals surface area contributed by atoms with Crippen molar-refractivity contribution in [2.45, 2.75) is 32.4 Å². The van der Waals surface area contributed by atoms with E-state index in [0.29, 0.717) is 31.1 Å². The first-order valence-electron chi connectivity index (χ1n) is 11.6. The van der Waals surface area contributed by atoms with Gasteiger partial charge in [-0.2, -0.15) is 5.10 Å². The lowest BCUT2D eigenvalue weighted by molar-refractivity contribution is 0.0696. The second-order valence-corrected chi connectivity index (χ2v) is 8.63. The summed E-state index contributed by atoms with van der Waals surface area (Å²) in [6.45, 7) is 3.90. The number of carboxylic acids is 1. The Labute approximate surface area is 202 Å². The molecule has 1 fully saturated rings. The largest absolute Gasteiger partial charge is 0.497 e. The van der Waals surface area contributed by atoms with Crippen molar-refractivity contribution in [1.82, 2.24) is 19.7 Å². The minimum Gasteiger partial charge on any atom is -0.497 e. The van der Waals surface area contributed by atoms with Crippen molar-refractivity contribution < 1.29 is 19.4 Å². The van der Waals surface area contributed by atoms with Crippen molar-refractivity contribution in [2.75, 3.05) is 25.6 Å². The molecule has 180 valence electrons. The number of carboxylic acid groups (broad SMARTS) is 1. The molecule has 0 saturated carbocycles.